The first-order valence-corrected chi connectivity index (χ1v) is 25.4. The topological polar surface area (TPSA) is 287 Å². The molecule has 70 heavy (non-hydrogen) atoms. The predicted molar refractivity (Wildman–Crippen MR) is 262 cm³/mol. The third kappa shape index (κ3) is 16.3. The molecule has 2 aliphatic heterocycles. The number of rotatable bonds is 26. The smallest absolute Gasteiger partial charge is 0.448 e. The molecule has 0 radical (unpaired) electrons. The van der Waals surface area contributed by atoms with E-state index in [-0.39, 0.29) is 44.2 Å². The van der Waals surface area contributed by atoms with Crippen LogP contribution < -0.4 is 5.32 Å². The number of likely N-dealkylation sites (N-methyl/N-ethyl adjacent to an activating group) is 1. The van der Waals surface area contributed by atoms with Gasteiger partial charge in [-0.2, -0.15) is 5.26 Å². The van der Waals surface area contributed by atoms with E-state index in [2.05, 4.69) is 10.3 Å². The number of ether oxygens (including phenoxy) is 4. The van der Waals surface area contributed by atoms with E-state index in [0.29, 0.717) is 18.0 Å². The number of allylic oxidation sites excluding steroid dienone is 7. The first kappa shape index (κ1) is 60.9. The maximum atomic E-state index is 12.6. The highest BCUT2D eigenvalue weighted by atomic mass is 31.2. The lowest BCUT2D eigenvalue weighted by Crippen LogP contribution is -2.58. The number of hydrogen-bond acceptors (Lipinski definition) is 16. The fourth-order valence-corrected chi connectivity index (χ4v) is 9.64. The van der Waals surface area contributed by atoms with E-state index in [1.165, 1.54) is 26.6 Å². The van der Waals surface area contributed by atoms with Crippen LogP contribution in [0.2, 0.25) is 0 Å². The van der Waals surface area contributed by atoms with Crippen molar-refractivity contribution in [2.45, 2.75) is 161 Å². The van der Waals surface area contributed by atoms with Crippen molar-refractivity contribution in [2.24, 2.45) is 23.2 Å². The molecule has 2 aliphatic rings. The Bertz CT molecular complexity index is 2080. The van der Waals surface area contributed by atoms with Crippen molar-refractivity contribution in [1.29, 1.82) is 5.26 Å². The molecule has 1 aromatic heterocycles. The van der Waals surface area contributed by atoms with Crippen LogP contribution in [0, 0.1) is 34.5 Å². The number of phosphoric ester groups is 1. The minimum atomic E-state index is -5.15. The highest BCUT2D eigenvalue weighted by molar-refractivity contribution is 7.46. The summed E-state index contributed by atoms with van der Waals surface area (Å²) in [5.74, 6) is -3.63. The lowest BCUT2D eigenvalue weighted by Gasteiger charge is -2.50. The van der Waals surface area contributed by atoms with Gasteiger partial charge >= 0.3 is 7.82 Å². The molecule has 396 valence electrons. The van der Waals surface area contributed by atoms with Gasteiger partial charge in [0.15, 0.2) is 17.8 Å². The zero-order valence-corrected chi connectivity index (χ0v) is 44.0. The Hall–Kier alpha value is -3.42. The molecule has 2 fully saturated rings. The van der Waals surface area contributed by atoms with Gasteiger partial charge in [0.25, 0.3) is 5.91 Å². The molecular formula is C50H81N4O15P. The van der Waals surface area contributed by atoms with Gasteiger partial charge < -0.3 is 68.9 Å². The summed E-state index contributed by atoms with van der Waals surface area (Å²) < 4.78 is 48.2. The molecule has 0 aliphatic carbocycles. The largest absolute Gasteiger partial charge is 0.469 e. The number of aliphatic hydroxyl groups is 5. The van der Waals surface area contributed by atoms with E-state index >= 15 is 0 Å². The van der Waals surface area contributed by atoms with Crippen LogP contribution in [-0.4, -0.2) is 159 Å². The molecule has 20 heteroatoms. The number of methoxy groups -OCH3 is 2. The number of phosphoric acid groups is 1. The summed E-state index contributed by atoms with van der Waals surface area (Å²) in [6.07, 6.45) is 4.10. The molecule has 1 amide bonds. The second-order valence-corrected chi connectivity index (χ2v) is 21.1. The Morgan fingerprint density at radius 2 is 1.76 bits per heavy atom. The fraction of sp³-hybridized carbons (Fsp3) is 0.700. The second-order valence-electron chi connectivity index (χ2n) is 19.9. The molecule has 0 aromatic carbocycles. The van der Waals surface area contributed by atoms with Crippen molar-refractivity contribution in [1.82, 2.24) is 15.2 Å². The summed E-state index contributed by atoms with van der Waals surface area (Å²) in [6, 6.07) is 1.40. The van der Waals surface area contributed by atoms with Crippen LogP contribution in [0.15, 0.2) is 63.9 Å². The van der Waals surface area contributed by atoms with E-state index in [4.69, 9.17) is 33.2 Å². The van der Waals surface area contributed by atoms with Gasteiger partial charge in [-0.05, 0) is 64.9 Å². The fourth-order valence-electron chi connectivity index (χ4n) is 8.96. The number of aliphatic hydroxyl groups excluding tert-OH is 5. The van der Waals surface area contributed by atoms with Crippen LogP contribution in [-0.2, 0) is 32.8 Å². The Balaban J connectivity index is 1.74. The zero-order chi connectivity index (χ0) is 52.9. The number of carbonyl (C=O) groups is 1. The van der Waals surface area contributed by atoms with Gasteiger partial charge in [0, 0.05) is 68.8 Å². The summed E-state index contributed by atoms with van der Waals surface area (Å²) in [7, 11) is 1.12. The molecule has 8 N–H and O–H groups in total. The first-order chi connectivity index (χ1) is 32.6. The second kappa shape index (κ2) is 27.0. The Morgan fingerprint density at radius 1 is 1.09 bits per heavy atom. The first-order valence-electron chi connectivity index (χ1n) is 23.8. The van der Waals surface area contributed by atoms with Crippen molar-refractivity contribution >= 4 is 19.8 Å². The standard InChI is InChI=1S/C50H81N4O15P/c1-29(20-22-51)16-14-17-30(2)32(4)24-33(5)42(57)35(7)38(55)25-41(65-13)45-46(69-70(61,62)63)49(8,9)50(68-45)26-39(56)34(6)40(67-50)19-15-18-36-27-66-48(53-36)31(3)21-23-52-47(60)44(59)43(58)37(28-64-12)54(10)11/h14-18,20,24,27,31,33-35,37-46,55-59H,19,21,23,25-26,28H2,1-13H3,(H,52,60)(H2,61,62,63)/b16-14+,18-15+,29-20+,30-17-,32-24+/t31-,33+,34-,35-,37?,38-,39+,40-,41-,42+,43-,44-,45+,46-,50?/m1/s1. The number of carbonyl (C=O) groups excluding carboxylic acids is 1. The maximum Gasteiger partial charge on any atom is 0.469 e. The van der Waals surface area contributed by atoms with E-state index in [1.54, 1.807) is 45.8 Å². The van der Waals surface area contributed by atoms with Gasteiger partial charge in [0.2, 0.25) is 0 Å². The van der Waals surface area contributed by atoms with Crippen LogP contribution in [0.4, 0.5) is 0 Å². The highest BCUT2D eigenvalue weighted by Gasteiger charge is 2.68. The van der Waals surface area contributed by atoms with E-state index < -0.39 is 97.7 Å². The summed E-state index contributed by atoms with van der Waals surface area (Å²) in [6.45, 7) is 16.6. The number of aromatic nitrogens is 1. The molecule has 3 heterocycles. The molecule has 1 spiro atoms. The van der Waals surface area contributed by atoms with Crippen molar-refractivity contribution in [2.75, 3.05) is 41.5 Å². The van der Waals surface area contributed by atoms with Gasteiger partial charge in [-0.3, -0.25) is 9.32 Å². The van der Waals surface area contributed by atoms with E-state index in [0.717, 1.165) is 16.7 Å². The van der Waals surface area contributed by atoms with Crippen LogP contribution in [0.25, 0.3) is 6.08 Å². The van der Waals surface area contributed by atoms with Crippen LogP contribution >= 0.6 is 7.82 Å². The number of hydrogen-bond donors (Lipinski definition) is 8. The lowest BCUT2D eigenvalue weighted by molar-refractivity contribution is -0.334. The summed E-state index contributed by atoms with van der Waals surface area (Å²) in [4.78, 5) is 39.2. The molecule has 0 saturated carbocycles. The third-order valence-electron chi connectivity index (χ3n) is 14.0. The quantitative estimate of drug-likeness (QED) is 0.0355. The Kier molecular flexibility index (Phi) is 23.5. The number of nitrogens with one attached hydrogen (secondary N) is 1. The van der Waals surface area contributed by atoms with Gasteiger partial charge in [-0.1, -0.05) is 77.5 Å². The van der Waals surface area contributed by atoms with E-state index in [9.17, 15) is 44.7 Å². The van der Waals surface area contributed by atoms with Gasteiger partial charge in [0.05, 0.1) is 49.2 Å². The number of nitriles is 1. The molecule has 19 nitrogen and oxygen atoms in total. The summed E-state index contributed by atoms with van der Waals surface area (Å²) >= 11 is 0. The molecule has 2 saturated heterocycles. The number of nitrogens with zero attached hydrogens (tertiary/aromatic N) is 3. The molecule has 2 unspecified atom stereocenters. The van der Waals surface area contributed by atoms with Crippen LogP contribution in [0.1, 0.15) is 105 Å². The lowest BCUT2D eigenvalue weighted by atomic mass is 9.72. The average Bonchev–Trinajstić information content (AvgIpc) is 3.84. The minimum Gasteiger partial charge on any atom is -0.448 e. The zero-order valence-electron chi connectivity index (χ0n) is 43.1. The van der Waals surface area contributed by atoms with Crippen molar-refractivity contribution < 1.29 is 72.6 Å². The summed E-state index contributed by atoms with van der Waals surface area (Å²) in [5.41, 5.74) is 1.87. The highest BCUT2D eigenvalue weighted by Crippen LogP contribution is 2.59. The summed E-state index contributed by atoms with van der Waals surface area (Å²) in [5, 5.41) is 67.1. The van der Waals surface area contributed by atoms with Crippen molar-refractivity contribution in [3.63, 3.8) is 0 Å². The van der Waals surface area contributed by atoms with E-state index in [1.807, 2.05) is 78.0 Å². The maximum absolute atomic E-state index is 12.6. The van der Waals surface area contributed by atoms with Gasteiger partial charge in [0.1, 0.15) is 30.3 Å². The SMILES string of the molecule is COCC([C@@H](O)[C@@H](O)C(=O)NCC[C@@H](C)c1nc(/C=C/C[C@H]2OC3(C[C@H](O)[C@H]2C)O[C@@H]([C@@H](C[C@@H](O)[C@@H](C)[C@@H](O)[C@@H](C)/C=C(C)/C(C)=C\C=C\C(C)=C\C#N)OC)[C@@H](OP(=O)(O)O)C3(C)C)co1)N(C)C. The van der Waals surface area contributed by atoms with Crippen LogP contribution in [0.5, 0.6) is 0 Å². The van der Waals surface area contributed by atoms with Crippen LogP contribution in [0.3, 0.4) is 0 Å². The molecular weight excluding hydrogens is 928 g/mol. The number of oxazole rings is 1. The molecule has 3 rings (SSSR count). The normalized spacial score (nSPS) is 27.6. The van der Waals surface area contributed by atoms with Crippen molar-refractivity contribution in [3.8, 4) is 6.07 Å². The van der Waals surface area contributed by atoms with Gasteiger partial charge in [-0.25, -0.2) is 9.55 Å². The minimum absolute atomic E-state index is 0.0645. The Labute approximate surface area is 414 Å². The Morgan fingerprint density at radius 3 is 2.36 bits per heavy atom. The van der Waals surface area contributed by atoms with Crippen molar-refractivity contribution in [3.05, 3.63) is 71.0 Å². The third-order valence-corrected chi connectivity index (χ3v) is 14.5. The monoisotopic (exact) mass is 1010 g/mol. The number of amides is 1. The molecule has 0 bridgehead atoms. The molecule has 15 atom stereocenters. The molecule has 1 aromatic rings. The predicted octanol–water partition coefficient (Wildman–Crippen LogP) is 4.69. The van der Waals surface area contributed by atoms with Gasteiger partial charge in [-0.15, -0.1) is 0 Å². The average molecular weight is 1010 g/mol.